The molecule has 0 unspecified atom stereocenters. The predicted octanol–water partition coefficient (Wildman–Crippen LogP) is 2.25. The number of hydrogen-bond donors (Lipinski definition) is 0. The lowest BCUT2D eigenvalue weighted by Crippen LogP contribution is -2.50. The molecule has 9 heteroatoms. The Labute approximate surface area is 156 Å². The zero-order chi connectivity index (χ0) is 18.0. The van der Waals surface area contributed by atoms with Crippen LogP contribution in [0.1, 0.15) is 0 Å². The first-order valence-corrected chi connectivity index (χ1v) is 8.65. The van der Waals surface area contributed by atoms with Crippen LogP contribution in [0.2, 0.25) is 10.0 Å². The van der Waals surface area contributed by atoms with Crippen LogP contribution in [-0.2, 0) is 4.79 Å². The van der Waals surface area contributed by atoms with Gasteiger partial charge in [0.15, 0.2) is 0 Å². The lowest BCUT2D eigenvalue weighted by molar-refractivity contribution is -0.132. The molecule has 1 aliphatic rings. The smallest absolute Gasteiger partial charge is 0.324 e. The number of amides is 1. The Hall–Kier alpha value is -1.83. The fourth-order valence-electron chi connectivity index (χ4n) is 2.66. The molecular formula is C16H19Cl2N5O2. The first kappa shape index (κ1) is 18.0. The van der Waals surface area contributed by atoms with Crippen molar-refractivity contribution in [3.63, 3.8) is 0 Å². The van der Waals surface area contributed by atoms with Crippen molar-refractivity contribution in [2.75, 3.05) is 51.7 Å². The van der Waals surface area contributed by atoms with Crippen molar-refractivity contribution in [2.24, 2.45) is 0 Å². The summed E-state index contributed by atoms with van der Waals surface area (Å²) in [6.45, 7) is 2.98. The van der Waals surface area contributed by atoms with Gasteiger partial charge < -0.3 is 19.2 Å². The van der Waals surface area contributed by atoms with E-state index in [0.29, 0.717) is 60.2 Å². The molecule has 1 aliphatic heterocycles. The lowest BCUT2D eigenvalue weighted by Gasteiger charge is -2.34. The van der Waals surface area contributed by atoms with E-state index >= 15 is 0 Å². The van der Waals surface area contributed by atoms with Gasteiger partial charge in [-0.2, -0.15) is 4.98 Å². The summed E-state index contributed by atoms with van der Waals surface area (Å²) in [4.78, 5) is 22.2. The van der Waals surface area contributed by atoms with Gasteiger partial charge in [0, 0.05) is 41.8 Å². The second-order valence-corrected chi connectivity index (χ2v) is 7.04. The minimum Gasteiger partial charge on any atom is -0.338 e. The molecule has 2 heterocycles. The second-order valence-electron chi connectivity index (χ2n) is 6.16. The summed E-state index contributed by atoms with van der Waals surface area (Å²) < 4.78 is 5.37. The summed E-state index contributed by atoms with van der Waals surface area (Å²) in [7, 11) is 3.77. The number of nitrogens with zero attached hydrogens (tertiary/aromatic N) is 5. The fourth-order valence-corrected chi connectivity index (χ4v) is 3.19. The summed E-state index contributed by atoms with van der Waals surface area (Å²) in [5.74, 6) is 0.565. The normalized spacial score (nSPS) is 15.1. The third-order valence-corrected chi connectivity index (χ3v) is 4.33. The van der Waals surface area contributed by atoms with Crippen molar-refractivity contribution in [1.29, 1.82) is 0 Å². The molecular weight excluding hydrogens is 365 g/mol. The van der Waals surface area contributed by atoms with Crippen LogP contribution in [0.4, 0.5) is 6.01 Å². The van der Waals surface area contributed by atoms with E-state index in [0.717, 1.165) is 0 Å². The van der Waals surface area contributed by atoms with Crippen LogP contribution in [0.5, 0.6) is 0 Å². The second kappa shape index (κ2) is 7.59. The van der Waals surface area contributed by atoms with Crippen molar-refractivity contribution in [3.05, 3.63) is 28.2 Å². The quantitative estimate of drug-likeness (QED) is 0.806. The molecule has 0 bridgehead atoms. The van der Waals surface area contributed by atoms with Gasteiger partial charge in [-0.15, -0.1) is 0 Å². The number of halogens is 2. The maximum atomic E-state index is 12.1. The van der Waals surface area contributed by atoms with Crippen molar-refractivity contribution >= 4 is 35.1 Å². The molecule has 7 nitrogen and oxygen atoms in total. The molecule has 0 radical (unpaired) electrons. The van der Waals surface area contributed by atoms with Crippen molar-refractivity contribution < 1.29 is 9.32 Å². The van der Waals surface area contributed by atoms with E-state index in [1.54, 1.807) is 18.2 Å². The molecule has 1 aromatic carbocycles. The van der Waals surface area contributed by atoms with Gasteiger partial charge in [0.1, 0.15) is 0 Å². The number of carbonyl (C=O) groups is 1. The molecule has 0 spiro atoms. The van der Waals surface area contributed by atoms with E-state index in [4.69, 9.17) is 27.7 Å². The van der Waals surface area contributed by atoms with Gasteiger partial charge in [0.05, 0.1) is 6.54 Å². The van der Waals surface area contributed by atoms with Gasteiger partial charge in [-0.1, -0.05) is 28.4 Å². The van der Waals surface area contributed by atoms with E-state index in [9.17, 15) is 4.79 Å². The Balaban J connectivity index is 1.65. The van der Waals surface area contributed by atoms with Crippen molar-refractivity contribution in [2.45, 2.75) is 0 Å². The number of piperazine rings is 1. The molecule has 25 heavy (non-hydrogen) atoms. The Kier molecular flexibility index (Phi) is 5.46. The highest BCUT2D eigenvalue weighted by Gasteiger charge is 2.24. The van der Waals surface area contributed by atoms with Crippen LogP contribution >= 0.6 is 23.2 Å². The van der Waals surface area contributed by atoms with Gasteiger partial charge in [-0.3, -0.25) is 4.79 Å². The minimum absolute atomic E-state index is 0.129. The maximum absolute atomic E-state index is 12.1. The van der Waals surface area contributed by atoms with Crippen LogP contribution in [0.3, 0.4) is 0 Å². The van der Waals surface area contributed by atoms with Crippen molar-refractivity contribution in [3.8, 4) is 11.4 Å². The number of aromatic nitrogens is 2. The van der Waals surface area contributed by atoms with Crippen LogP contribution < -0.4 is 4.90 Å². The zero-order valence-electron chi connectivity index (χ0n) is 14.1. The molecule has 1 fully saturated rings. The SMILES string of the molecule is CN(C)CC(=O)N1CCN(c2nc(-c3cc(Cl)cc(Cl)c3)no2)CC1. The molecule has 1 amide bonds. The monoisotopic (exact) mass is 383 g/mol. The first-order valence-electron chi connectivity index (χ1n) is 7.90. The predicted molar refractivity (Wildman–Crippen MR) is 97.1 cm³/mol. The summed E-state index contributed by atoms with van der Waals surface area (Å²) >= 11 is 12.0. The van der Waals surface area contributed by atoms with Gasteiger partial charge in [0.25, 0.3) is 0 Å². The molecule has 1 aromatic heterocycles. The third kappa shape index (κ3) is 4.42. The standard InChI is InChI=1S/C16H19Cl2N5O2/c1-21(2)10-14(24)22-3-5-23(6-4-22)16-19-15(20-25-16)11-7-12(17)9-13(18)8-11/h7-9H,3-6,10H2,1-2H3. The maximum Gasteiger partial charge on any atom is 0.324 e. The van der Waals surface area contributed by atoms with Gasteiger partial charge in [-0.25, -0.2) is 0 Å². The van der Waals surface area contributed by atoms with E-state index in [1.165, 1.54) is 0 Å². The van der Waals surface area contributed by atoms with Gasteiger partial charge in [-0.05, 0) is 32.3 Å². The number of rotatable bonds is 4. The number of carbonyl (C=O) groups excluding carboxylic acids is 1. The molecule has 134 valence electrons. The highest BCUT2D eigenvalue weighted by molar-refractivity contribution is 6.35. The molecule has 0 N–H and O–H groups in total. The number of benzene rings is 1. The number of anilines is 1. The number of likely N-dealkylation sites (N-methyl/N-ethyl adjacent to an activating group) is 1. The molecule has 3 rings (SSSR count). The summed E-state index contributed by atoms with van der Waals surface area (Å²) in [6, 6.07) is 5.56. The Morgan fingerprint density at radius 1 is 1.16 bits per heavy atom. The molecule has 0 aliphatic carbocycles. The van der Waals surface area contributed by atoms with Crippen LogP contribution in [0.15, 0.2) is 22.7 Å². The van der Waals surface area contributed by atoms with Gasteiger partial charge in [0.2, 0.25) is 11.7 Å². The Bertz CT molecular complexity index is 736. The van der Waals surface area contributed by atoms with E-state index in [2.05, 4.69) is 10.1 Å². The summed E-state index contributed by atoms with van der Waals surface area (Å²) in [5, 5.41) is 5.04. The minimum atomic E-state index is 0.129. The van der Waals surface area contributed by atoms with Crippen LogP contribution in [0.25, 0.3) is 11.4 Å². The Morgan fingerprint density at radius 3 is 2.40 bits per heavy atom. The van der Waals surface area contributed by atoms with Crippen LogP contribution in [0, 0.1) is 0 Å². The van der Waals surface area contributed by atoms with E-state index in [1.807, 2.05) is 28.8 Å². The zero-order valence-corrected chi connectivity index (χ0v) is 15.6. The molecule has 0 saturated carbocycles. The van der Waals surface area contributed by atoms with E-state index in [-0.39, 0.29) is 5.91 Å². The molecule has 2 aromatic rings. The topological polar surface area (TPSA) is 65.7 Å². The van der Waals surface area contributed by atoms with Crippen molar-refractivity contribution in [1.82, 2.24) is 19.9 Å². The van der Waals surface area contributed by atoms with E-state index < -0.39 is 0 Å². The highest BCUT2D eigenvalue weighted by atomic mass is 35.5. The largest absolute Gasteiger partial charge is 0.338 e. The fraction of sp³-hybridized carbons (Fsp3) is 0.438. The third-order valence-electron chi connectivity index (χ3n) is 3.89. The number of hydrogen-bond acceptors (Lipinski definition) is 6. The first-order chi connectivity index (χ1) is 11.9. The highest BCUT2D eigenvalue weighted by Crippen LogP contribution is 2.27. The summed E-state index contributed by atoms with van der Waals surface area (Å²) in [5.41, 5.74) is 0.701. The molecule has 0 atom stereocenters. The van der Waals surface area contributed by atoms with Gasteiger partial charge >= 0.3 is 6.01 Å². The Morgan fingerprint density at radius 2 is 1.80 bits per heavy atom. The molecule has 1 saturated heterocycles. The average molecular weight is 384 g/mol. The average Bonchev–Trinajstić information content (AvgIpc) is 3.03. The lowest BCUT2D eigenvalue weighted by atomic mass is 10.2. The summed E-state index contributed by atoms with van der Waals surface area (Å²) in [6.07, 6.45) is 0. The van der Waals surface area contributed by atoms with Crippen LogP contribution in [-0.4, -0.2) is 72.7 Å².